The maximum Gasteiger partial charge on any atom is 0.404 e. The number of carboxylic acid groups (broad SMARTS) is 1. The van der Waals surface area contributed by atoms with Crippen LogP contribution in [-0.2, 0) is 16.4 Å². The van der Waals surface area contributed by atoms with Gasteiger partial charge in [-0.3, -0.25) is 0 Å². The van der Waals surface area contributed by atoms with Gasteiger partial charge >= 0.3 is 6.09 Å². The van der Waals surface area contributed by atoms with Crippen LogP contribution in [0.5, 0.6) is 0 Å². The summed E-state index contributed by atoms with van der Waals surface area (Å²) in [7, 11) is -2.29. The largest absolute Gasteiger partial charge is 0.465 e. The molecule has 0 aliphatic heterocycles. The molecule has 10 heteroatoms. The number of hydrogen-bond donors (Lipinski definition) is 5. The van der Waals surface area contributed by atoms with Crippen molar-refractivity contribution in [3.63, 3.8) is 0 Å². The zero-order valence-electron chi connectivity index (χ0n) is 20.6. The van der Waals surface area contributed by atoms with Crippen LogP contribution in [0.2, 0.25) is 0 Å². The van der Waals surface area contributed by atoms with E-state index in [1.807, 2.05) is 44.2 Å². The van der Waals surface area contributed by atoms with Crippen LogP contribution in [0.25, 0.3) is 0 Å². The minimum absolute atomic E-state index is 0.0944. The van der Waals surface area contributed by atoms with Gasteiger partial charge in [-0.2, -0.15) is 4.31 Å². The minimum atomic E-state index is -3.99. The Hall–Kier alpha value is -2.66. The fraction of sp³-hybridized carbons (Fsp3) is 0.480. The molecule has 0 aliphatic carbocycles. The highest BCUT2D eigenvalue weighted by Gasteiger charge is 2.34. The van der Waals surface area contributed by atoms with Gasteiger partial charge in [0.2, 0.25) is 10.0 Å². The summed E-state index contributed by atoms with van der Waals surface area (Å²) in [5.41, 5.74) is 6.72. The van der Waals surface area contributed by atoms with Crippen molar-refractivity contribution in [1.82, 2.24) is 9.62 Å². The molecule has 1 amide bonds. The quantitative estimate of drug-likeness (QED) is 0.265. The summed E-state index contributed by atoms with van der Waals surface area (Å²) in [6.45, 7) is 4.28. The first-order valence-electron chi connectivity index (χ1n) is 11.7. The number of aliphatic hydroxyl groups excluding tert-OH is 1. The molecule has 0 saturated carbocycles. The normalized spacial score (nSPS) is 13.9. The number of anilines is 1. The summed E-state index contributed by atoms with van der Waals surface area (Å²) < 4.78 is 28.7. The van der Waals surface area contributed by atoms with Gasteiger partial charge < -0.3 is 26.6 Å². The lowest BCUT2D eigenvalue weighted by atomic mass is 9.87. The molecule has 0 radical (unpaired) electrons. The molecular weight excluding hydrogens is 468 g/mol. The van der Waals surface area contributed by atoms with Crippen LogP contribution >= 0.6 is 0 Å². The van der Waals surface area contributed by atoms with E-state index in [2.05, 4.69) is 10.6 Å². The third-order valence-corrected chi connectivity index (χ3v) is 7.69. The third-order valence-electron chi connectivity index (χ3n) is 5.89. The van der Waals surface area contributed by atoms with Gasteiger partial charge in [0.1, 0.15) is 0 Å². The molecule has 0 aromatic heterocycles. The molecule has 0 spiro atoms. The first-order valence-corrected chi connectivity index (χ1v) is 13.1. The number of nitrogens with one attached hydrogen (secondary N) is 2. The van der Waals surface area contributed by atoms with Gasteiger partial charge in [0.05, 0.1) is 17.0 Å². The van der Waals surface area contributed by atoms with Gasteiger partial charge in [-0.25, -0.2) is 13.2 Å². The molecule has 35 heavy (non-hydrogen) atoms. The van der Waals surface area contributed by atoms with Crippen molar-refractivity contribution in [3.8, 4) is 0 Å². The number of nitrogens with two attached hydrogens (primary N) is 1. The van der Waals surface area contributed by atoms with E-state index in [0.29, 0.717) is 18.7 Å². The number of hydrogen-bond acceptors (Lipinski definition) is 6. The highest BCUT2D eigenvalue weighted by atomic mass is 32.2. The first kappa shape index (κ1) is 28.6. The Bertz CT molecular complexity index is 1050. The summed E-state index contributed by atoms with van der Waals surface area (Å²) in [6.07, 6.45) is -0.921. The van der Waals surface area contributed by atoms with Crippen LogP contribution < -0.4 is 16.4 Å². The molecular formula is C25H38N4O5S. The molecule has 6 N–H and O–H groups in total. The molecule has 2 rings (SSSR count). The number of benzene rings is 2. The number of rotatable bonds is 14. The second-order valence-corrected chi connectivity index (χ2v) is 11.4. The molecule has 2 aromatic rings. The van der Waals surface area contributed by atoms with E-state index in [-0.39, 0.29) is 24.4 Å². The summed E-state index contributed by atoms with van der Waals surface area (Å²) in [4.78, 5) is 11.5. The van der Waals surface area contributed by atoms with Crippen LogP contribution in [0.1, 0.15) is 32.3 Å². The van der Waals surface area contributed by atoms with E-state index >= 15 is 0 Å². The Labute approximate surface area is 208 Å². The molecule has 9 nitrogen and oxygen atoms in total. The Kier molecular flexibility index (Phi) is 10.5. The van der Waals surface area contributed by atoms with E-state index in [1.165, 1.54) is 10.4 Å². The van der Waals surface area contributed by atoms with E-state index in [9.17, 15) is 23.4 Å². The summed E-state index contributed by atoms with van der Waals surface area (Å²) in [5.74, 6) is 0. The maximum absolute atomic E-state index is 13.7. The Balaban J connectivity index is 2.39. The zero-order chi connectivity index (χ0) is 26.1. The van der Waals surface area contributed by atoms with E-state index in [0.717, 1.165) is 12.0 Å². The SMILES string of the molecule is CNc1cccc(S(=O)(=O)N(C[C@@H](O)[C@H](Cc2ccccc2)NC(=O)O)CC(C)(C)CCCN)c1. The summed E-state index contributed by atoms with van der Waals surface area (Å²) in [6, 6.07) is 14.7. The minimum Gasteiger partial charge on any atom is -0.465 e. The lowest BCUT2D eigenvalue weighted by Crippen LogP contribution is -2.51. The molecule has 194 valence electrons. The van der Waals surface area contributed by atoms with Crippen molar-refractivity contribution in [1.29, 1.82) is 0 Å². The molecule has 0 bridgehead atoms. The van der Waals surface area contributed by atoms with Crippen molar-refractivity contribution in [2.45, 2.75) is 50.2 Å². The third kappa shape index (κ3) is 8.81. The lowest BCUT2D eigenvalue weighted by molar-refractivity contribution is 0.0905. The van der Waals surface area contributed by atoms with Gasteiger partial charge in [0.15, 0.2) is 0 Å². The van der Waals surface area contributed by atoms with Gasteiger partial charge in [0.25, 0.3) is 0 Å². The van der Waals surface area contributed by atoms with Crippen molar-refractivity contribution < 1.29 is 23.4 Å². The fourth-order valence-corrected chi connectivity index (χ4v) is 5.68. The second-order valence-electron chi connectivity index (χ2n) is 9.44. The van der Waals surface area contributed by atoms with E-state index in [4.69, 9.17) is 5.73 Å². The van der Waals surface area contributed by atoms with Gasteiger partial charge in [-0.05, 0) is 55.0 Å². The van der Waals surface area contributed by atoms with E-state index < -0.39 is 33.7 Å². The summed E-state index contributed by atoms with van der Waals surface area (Å²) >= 11 is 0. The Morgan fingerprint density at radius 1 is 1.14 bits per heavy atom. The molecule has 0 heterocycles. The number of sulfonamides is 1. The Morgan fingerprint density at radius 3 is 2.43 bits per heavy atom. The number of aliphatic hydroxyl groups is 1. The van der Waals surface area contributed by atoms with E-state index in [1.54, 1.807) is 25.2 Å². The highest BCUT2D eigenvalue weighted by Crippen LogP contribution is 2.28. The zero-order valence-corrected chi connectivity index (χ0v) is 21.5. The number of carbonyl (C=O) groups is 1. The number of amides is 1. The second kappa shape index (κ2) is 12.9. The van der Waals surface area contributed by atoms with Crippen molar-refractivity contribution in [3.05, 3.63) is 60.2 Å². The Morgan fingerprint density at radius 2 is 1.83 bits per heavy atom. The van der Waals surface area contributed by atoms with Crippen LogP contribution in [0.15, 0.2) is 59.5 Å². The van der Waals surface area contributed by atoms with Crippen LogP contribution in [0, 0.1) is 5.41 Å². The van der Waals surface area contributed by atoms with Crippen molar-refractivity contribution >= 4 is 21.8 Å². The average Bonchev–Trinajstić information content (AvgIpc) is 2.82. The van der Waals surface area contributed by atoms with Crippen molar-refractivity contribution in [2.75, 3.05) is 32.0 Å². The first-order chi connectivity index (χ1) is 16.5. The fourth-order valence-electron chi connectivity index (χ4n) is 3.99. The van der Waals surface area contributed by atoms with Gasteiger partial charge in [-0.1, -0.05) is 50.2 Å². The monoisotopic (exact) mass is 506 g/mol. The molecule has 0 fully saturated rings. The lowest BCUT2D eigenvalue weighted by Gasteiger charge is -2.35. The predicted octanol–water partition coefficient (Wildman–Crippen LogP) is 2.72. The predicted molar refractivity (Wildman–Crippen MR) is 138 cm³/mol. The van der Waals surface area contributed by atoms with Crippen LogP contribution in [0.4, 0.5) is 10.5 Å². The highest BCUT2D eigenvalue weighted by molar-refractivity contribution is 7.89. The van der Waals surface area contributed by atoms with Crippen LogP contribution in [-0.4, -0.2) is 67.9 Å². The van der Waals surface area contributed by atoms with Gasteiger partial charge in [-0.15, -0.1) is 0 Å². The molecule has 0 saturated heterocycles. The topological polar surface area (TPSA) is 145 Å². The maximum atomic E-state index is 13.7. The standard InChI is InChI=1S/C25H38N4O5S/c1-25(2,13-8-14-26)18-29(35(33,34)21-12-7-11-20(16-21)27-3)17-23(30)22(28-24(31)32)15-19-9-5-4-6-10-19/h4-7,9-12,16,22-23,27-28,30H,8,13-15,17-18,26H2,1-3H3,(H,31,32)/t22-,23+/m0/s1. The average molecular weight is 507 g/mol. The molecule has 2 aromatic carbocycles. The van der Waals surface area contributed by atoms with Gasteiger partial charge in [0, 0.05) is 25.8 Å². The van der Waals surface area contributed by atoms with Crippen LogP contribution in [0.3, 0.4) is 0 Å². The molecule has 0 aliphatic rings. The smallest absolute Gasteiger partial charge is 0.404 e. The molecule has 0 unspecified atom stereocenters. The van der Waals surface area contributed by atoms with Crippen molar-refractivity contribution in [2.24, 2.45) is 11.1 Å². The molecule has 2 atom stereocenters. The summed E-state index contributed by atoms with van der Waals surface area (Å²) in [5, 5.41) is 25.8. The number of nitrogens with zero attached hydrogens (tertiary/aromatic N) is 1.